The van der Waals surface area contributed by atoms with Crippen molar-refractivity contribution in [2.24, 2.45) is 0 Å². The average molecular weight is 358 g/mol. The van der Waals surface area contributed by atoms with Crippen molar-refractivity contribution in [1.82, 2.24) is 14.2 Å². The lowest BCUT2D eigenvalue weighted by Gasteiger charge is -2.11. The number of thiazole rings is 1. The van der Waals surface area contributed by atoms with E-state index in [1.807, 2.05) is 32.8 Å². The Morgan fingerprint density at radius 1 is 1.30 bits per heavy atom. The highest BCUT2D eigenvalue weighted by molar-refractivity contribution is 7.89. The molecule has 0 fully saturated rings. The minimum Gasteiger partial charge on any atom is -0.309 e. The van der Waals surface area contributed by atoms with E-state index in [0.29, 0.717) is 11.2 Å². The van der Waals surface area contributed by atoms with Gasteiger partial charge in [0.15, 0.2) is 0 Å². The second-order valence-corrected chi connectivity index (χ2v) is 8.78. The highest BCUT2D eigenvalue weighted by atomic mass is 32.2. The van der Waals surface area contributed by atoms with Crippen LogP contribution in [0.1, 0.15) is 26.3 Å². The van der Waals surface area contributed by atoms with Crippen LogP contribution in [0, 0.1) is 0 Å². The van der Waals surface area contributed by atoms with Gasteiger partial charge in [0.05, 0.1) is 15.1 Å². The van der Waals surface area contributed by atoms with Gasteiger partial charge in [-0.1, -0.05) is 11.3 Å². The van der Waals surface area contributed by atoms with Crippen molar-refractivity contribution < 1.29 is 8.42 Å². The molecule has 6 nitrogen and oxygen atoms in total. The number of fused-ring (bicyclic) bond motifs is 1. The Kier molecular flexibility index (Phi) is 5.61. The summed E-state index contributed by atoms with van der Waals surface area (Å²) in [4.78, 5) is 14.2. The fourth-order valence-corrected chi connectivity index (χ4v) is 4.59. The fraction of sp³-hybridized carbons (Fsp3) is 0.533. The molecule has 0 saturated heterocycles. The van der Waals surface area contributed by atoms with Gasteiger partial charge in [-0.2, -0.15) is 0 Å². The summed E-state index contributed by atoms with van der Waals surface area (Å²) >= 11 is 1.08. The van der Waals surface area contributed by atoms with Crippen molar-refractivity contribution in [1.29, 1.82) is 0 Å². The minimum absolute atomic E-state index is 0.0443. The van der Waals surface area contributed by atoms with Crippen LogP contribution in [0.15, 0.2) is 27.9 Å². The first-order valence-corrected chi connectivity index (χ1v) is 9.82. The van der Waals surface area contributed by atoms with Crippen LogP contribution in [0.2, 0.25) is 0 Å². The number of rotatable bonds is 7. The Balaban J connectivity index is 2.25. The van der Waals surface area contributed by atoms with Crippen molar-refractivity contribution >= 4 is 31.6 Å². The van der Waals surface area contributed by atoms with E-state index in [1.54, 1.807) is 22.8 Å². The molecular weight excluding hydrogens is 334 g/mol. The van der Waals surface area contributed by atoms with E-state index in [2.05, 4.69) is 4.72 Å². The molecule has 0 aliphatic rings. The third-order valence-corrected chi connectivity index (χ3v) is 5.86. The van der Waals surface area contributed by atoms with Crippen LogP contribution in [-0.4, -0.2) is 45.1 Å². The molecule has 0 aliphatic heterocycles. The molecule has 0 saturated carbocycles. The molecule has 1 N–H and O–H groups in total. The van der Waals surface area contributed by atoms with Gasteiger partial charge in [-0.15, -0.1) is 0 Å². The quantitative estimate of drug-likeness (QED) is 0.768. The van der Waals surface area contributed by atoms with E-state index < -0.39 is 10.0 Å². The standard InChI is InChI=1S/C15H23N3O3S2/c1-11(2)18-13-7-6-12(10-14(13)22-15(18)19)23(20,21)16-8-5-9-17(3)4/h6-7,10-11,16H,5,8-9H2,1-4H3. The fourth-order valence-electron chi connectivity index (χ4n) is 2.36. The minimum atomic E-state index is -3.55. The van der Waals surface area contributed by atoms with Gasteiger partial charge in [-0.25, -0.2) is 13.1 Å². The number of hydrogen-bond donors (Lipinski definition) is 1. The van der Waals surface area contributed by atoms with E-state index in [1.165, 1.54) is 0 Å². The van der Waals surface area contributed by atoms with Gasteiger partial charge in [0.25, 0.3) is 0 Å². The zero-order valence-corrected chi connectivity index (χ0v) is 15.5. The number of hydrogen-bond acceptors (Lipinski definition) is 5. The highest BCUT2D eigenvalue weighted by Gasteiger charge is 2.17. The molecule has 8 heteroatoms. The largest absolute Gasteiger partial charge is 0.309 e. The van der Waals surface area contributed by atoms with Gasteiger partial charge in [-0.05, 0) is 59.1 Å². The van der Waals surface area contributed by atoms with Crippen LogP contribution in [0.4, 0.5) is 0 Å². The number of nitrogens with zero attached hydrogens (tertiary/aromatic N) is 2. The van der Waals surface area contributed by atoms with Crippen LogP contribution >= 0.6 is 11.3 Å². The summed E-state index contributed by atoms with van der Waals surface area (Å²) in [5.41, 5.74) is 0.779. The Morgan fingerprint density at radius 3 is 2.61 bits per heavy atom. The molecule has 0 amide bonds. The third kappa shape index (κ3) is 4.20. The summed E-state index contributed by atoms with van der Waals surface area (Å²) in [6.07, 6.45) is 0.742. The molecule has 2 rings (SSSR count). The smallest absolute Gasteiger partial charge is 0.308 e. The lowest BCUT2D eigenvalue weighted by Crippen LogP contribution is -2.27. The molecule has 0 spiro atoms. The second kappa shape index (κ2) is 7.12. The second-order valence-electron chi connectivity index (χ2n) is 6.02. The molecule has 1 heterocycles. The number of aromatic nitrogens is 1. The van der Waals surface area contributed by atoms with Crippen LogP contribution in [0.3, 0.4) is 0 Å². The molecule has 0 aliphatic carbocycles. The summed E-state index contributed by atoms with van der Waals surface area (Å²) < 4.78 is 29.7. The SMILES string of the molecule is CC(C)n1c(=O)sc2cc(S(=O)(=O)NCCCN(C)C)ccc21. The first kappa shape index (κ1) is 18.1. The zero-order valence-electron chi connectivity index (χ0n) is 13.9. The maximum atomic E-state index is 12.3. The predicted octanol–water partition coefficient (Wildman–Crippen LogP) is 1.87. The Hall–Kier alpha value is -1.22. The lowest BCUT2D eigenvalue weighted by atomic mass is 10.3. The van der Waals surface area contributed by atoms with Crippen molar-refractivity contribution in [3.63, 3.8) is 0 Å². The summed E-state index contributed by atoms with van der Waals surface area (Å²) in [7, 11) is 0.350. The van der Waals surface area contributed by atoms with Crippen molar-refractivity contribution in [2.75, 3.05) is 27.2 Å². The van der Waals surface area contributed by atoms with Gasteiger partial charge in [0.2, 0.25) is 10.0 Å². The summed E-state index contributed by atoms with van der Waals surface area (Å²) in [5.74, 6) is 0. The molecule has 2 aromatic rings. The van der Waals surface area contributed by atoms with Gasteiger partial charge in [0.1, 0.15) is 0 Å². The summed E-state index contributed by atoms with van der Waals surface area (Å²) in [6.45, 7) is 5.08. The number of benzene rings is 1. The first-order valence-electron chi connectivity index (χ1n) is 7.52. The van der Waals surface area contributed by atoms with Gasteiger partial charge < -0.3 is 4.90 Å². The molecule has 1 aromatic carbocycles. The van der Waals surface area contributed by atoms with E-state index in [9.17, 15) is 13.2 Å². The van der Waals surface area contributed by atoms with Crippen LogP contribution in [-0.2, 0) is 10.0 Å². The van der Waals surface area contributed by atoms with Crippen LogP contribution < -0.4 is 9.60 Å². The monoisotopic (exact) mass is 357 g/mol. The molecular formula is C15H23N3O3S2. The Bertz CT molecular complexity index is 835. The molecule has 128 valence electrons. The summed E-state index contributed by atoms with van der Waals surface area (Å²) in [6, 6.07) is 4.89. The normalized spacial score (nSPS) is 12.6. The third-order valence-electron chi connectivity index (χ3n) is 3.49. The zero-order chi connectivity index (χ0) is 17.2. The van der Waals surface area contributed by atoms with Gasteiger partial charge in [-0.3, -0.25) is 9.36 Å². The van der Waals surface area contributed by atoms with E-state index in [-0.39, 0.29) is 15.8 Å². The number of sulfonamides is 1. The van der Waals surface area contributed by atoms with E-state index in [4.69, 9.17) is 0 Å². The Morgan fingerprint density at radius 2 is 2.00 bits per heavy atom. The molecule has 23 heavy (non-hydrogen) atoms. The predicted molar refractivity (Wildman–Crippen MR) is 94.8 cm³/mol. The van der Waals surface area contributed by atoms with E-state index >= 15 is 0 Å². The number of nitrogens with one attached hydrogen (secondary N) is 1. The first-order chi connectivity index (χ1) is 10.7. The van der Waals surface area contributed by atoms with Crippen molar-refractivity contribution in [3.05, 3.63) is 27.9 Å². The molecule has 0 bridgehead atoms. The maximum Gasteiger partial charge on any atom is 0.308 e. The van der Waals surface area contributed by atoms with Crippen LogP contribution in [0.5, 0.6) is 0 Å². The highest BCUT2D eigenvalue weighted by Crippen LogP contribution is 2.23. The maximum absolute atomic E-state index is 12.3. The molecule has 0 radical (unpaired) electrons. The lowest BCUT2D eigenvalue weighted by molar-refractivity contribution is 0.400. The average Bonchev–Trinajstić information content (AvgIpc) is 2.78. The Labute approximate surface area is 140 Å². The summed E-state index contributed by atoms with van der Waals surface area (Å²) in [5, 5.41) is 0. The topological polar surface area (TPSA) is 71.4 Å². The molecule has 0 unspecified atom stereocenters. The van der Waals surface area contributed by atoms with Crippen molar-refractivity contribution in [3.8, 4) is 0 Å². The molecule has 1 aromatic heterocycles. The van der Waals surface area contributed by atoms with Gasteiger partial charge >= 0.3 is 4.87 Å². The van der Waals surface area contributed by atoms with Crippen molar-refractivity contribution in [2.45, 2.75) is 31.2 Å². The molecule has 0 atom stereocenters. The van der Waals surface area contributed by atoms with E-state index in [0.717, 1.165) is 29.8 Å². The van der Waals surface area contributed by atoms with Gasteiger partial charge in [0, 0.05) is 12.6 Å². The van der Waals surface area contributed by atoms with Crippen LogP contribution in [0.25, 0.3) is 10.2 Å².